The molecule has 0 bridgehead atoms. The van der Waals surface area contributed by atoms with Crippen LogP contribution in [0.4, 0.5) is 0 Å². The van der Waals surface area contributed by atoms with Gasteiger partial charge in [-0.25, -0.2) is 4.79 Å². The Morgan fingerprint density at radius 2 is 2.18 bits per heavy atom. The van der Waals surface area contributed by atoms with E-state index in [1.807, 2.05) is 0 Å². The van der Waals surface area contributed by atoms with E-state index in [1.165, 1.54) is 0 Å². The first-order chi connectivity index (χ1) is 8.22. The number of carbonyl (C=O) groups excluding carboxylic acids is 2. The Morgan fingerprint density at radius 1 is 1.47 bits per heavy atom. The van der Waals surface area contributed by atoms with Crippen molar-refractivity contribution in [1.82, 2.24) is 5.32 Å². The highest BCUT2D eigenvalue weighted by atomic mass is 16.5. The third-order valence-electron chi connectivity index (χ3n) is 3.58. The lowest BCUT2D eigenvalue weighted by Crippen LogP contribution is -2.41. The van der Waals surface area contributed by atoms with Gasteiger partial charge in [-0.15, -0.1) is 0 Å². The summed E-state index contributed by atoms with van der Waals surface area (Å²) in [6.07, 6.45) is 2.29. The standard InChI is InChI=1S/C12H19NO4/c1-2-17-12(15)11-9(7-10(14)13-11)8-3-5-16-6-4-8/h8-9,11H,2-7H2,1H3,(H,13,14). The molecule has 17 heavy (non-hydrogen) atoms. The summed E-state index contributed by atoms with van der Waals surface area (Å²) in [4.78, 5) is 23.2. The molecule has 1 N–H and O–H groups in total. The van der Waals surface area contributed by atoms with Crippen molar-refractivity contribution in [2.24, 2.45) is 11.8 Å². The molecule has 1 amide bonds. The molecule has 5 heteroatoms. The lowest BCUT2D eigenvalue weighted by Gasteiger charge is -2.29. The minimum absolute atomic E-state index is 0.0421. The van der Waals surface area contributed by atoms with Crippen molar-refractivity contribution in [3.05, 3.63) is 0 Å². The Labute approximate surface area is 101 Å². The van der Waals surface area contributed by atoms with E-state index >= 15 is 0 Å². The predicted molar refractivity (Wildman–Crippen MR) is 60.2 cm³/mol. The fourth-order valence-corrected chi connectivity index (χ4v) is 2.72. The van der Waals surface area contributed by atoms with Crippen molar-refractivity contribution in [2.45, 2.75) is 32.2 Å². The molecule has 2 aliphatic rings. The van der Waals surface area contributed by atoms with Crippen LogP contribution in [0.3, 0.4) is 0 Å². The van der Waals surface area contributed by atoms with Gasteiger partial charge in [-0.1, -0.05) is 0 Å². The Morgan fingerprint density at radius 3 is 2.82 bits per heavy atom. The maximum absolute atomic E-state index is 11.8. The molecule has 0 aromatic rings. The van der Waals surface area contributed by atoms with Crippen LogP contribution in [-0.4, -0.2) is 37.7 Å². The van der Waals surface area contributed by atoms with Crippen molar-refractivity contribution in [1.29, 1.82) is 0 Å². The van der Waals surface area contributed by atoms with Crippen molar-refractivity contribution in [3.8, 4) is 0 Å². The summed E-state index contributed by atoms with van der Waals surface area (Å²) >= 11 is 0. The summed E-state index contributed by atoms with van der Waals surface area (Å²) in [6.45, 7) is 3.58. The first-order valence-electron chi connectivity index (χ1n) is 6.26. The molecule has 2 unspecified atom stereocenters. The van der Waals surface area contributed by atoms with Gasteiger partial charge in [0.25, 0.3) is 0 Å². The Hall–Kier alpha value is -1.10. The van der Waals surface area contributed by atoms with Crippen molar-refractivity contribution < 1.29 is 19.1 Å². The predicted octanol–water partition coefficient (Wildman–Crippen LogP) is 0.481. The Balaban J connectivity index is 2.02. The Bertz CT molecular complexity index is 299. The average molecular weight is 241 g/mol. The molecule has 2 saturated heterocycles. The highest BCUT2D eigenvalue weighted by Gasteiger charge is 2.42. The smallest absolute Gasteiger partial charge is 0.328 e. The molecular weight excluding hydrogens is 222 g/mol. The van der Waals surface area contributed by atoms with E-state index < -0.39 is 6.04 Å². The monoisotopic (exact) mass is 241 g/mol. The van der Waals surface area contributed by atoms with Crippen LogP contribution in [0.2, 0.25) is 0 Å². The van der Waals surface area contributed by atoms with Crippen molar-refractivity contribution in [2.75, 3.05) is 19.8 Å². The molecule has 2 fully saturated rings. The molecular formula is C12H19NO4. The first-order valence-corrected chi connectivity index (χ1v) is 6.26. The third-order valence-corrected chi connectivity index (χ3v) is 3.58. The summed E-state index contributed by atoms with van der Waals surface area (Å²) in [5.41, 5.74) is 0. The SMILES string of the molecule is CCOC(=O)C1NC(=O)CC1C1CCOCC1. The van der Waals surface area contributed by atoms with Gasteiger partial charge >= 0.3 is 5.97 Å². The second-order valence-corrected chi connectivity index (χ2v) is 4.62. The number of hydrogen-bond donors (Lipinski definition) is 1. The van der Waals surface area contributed by atoms with Crippen LogP contribution < -0.4 is 5.32 Å². The first kappa shape index (κ1) is 12.4. The summed E-state index contributed by atoms with van der Waals surface area (Å²) in [6, 6.07) is -0.453. The van der Waals surface area contributed by atoms with E-state index in [2.05, 4.69) is 5.32 Å². The molecule has 2 atom stereocenters. The van der Waals surface area contributed by atoms with Crippen LogP contribution in [0.1, 0.15) is 26.2 Å². The van der Waals surface area contributed by atoms with Crippen LogP contribution >= 0.6 is 0 Å². The van der Waals surface area contributed by atoms with Crippen LogP contribution in [0.15, 0.2) is 0 Å². The van der Waals surface area contributed by atoms with Gasteiger partial charge in [0.2, 0.25) is 5.91 Å². The average Bonchev–Trinajstić information content (AvgIpc) is 2.73. The number of amides is 1. The summed E-state index contributed by atoms with van der Waals surface area (Å²) in [7, 11) is 0. The van der Waals surface area contributed by atoms with Crippen molar-refractivity contribution in [3.63, 3.8) is 0 Å². The second-order valence-electron chi connectivity index (χ2n) is 4.62. The van der Waals surface area contributed by atoms with Gasteiger partial charge in [0, 0.05) is 25.6 Å². The Kier molecular flexibility index (Phi) is 3.99. The topological polar surface area (TPSA) is 64.6 Å². The fraction of sp³-hybridized carbons (Fsp3) is 0.833. The van der Waals surface area contributed by atoms with Gasteiger partial charge in [-0.2, -0.15) is 0 Å². The molecule has 0 saturated carbocycles. The number of rotatable bonds is 3. The molecule has 0 spiro atoms. The molecule has 96 valence electrons. The zero-order chi connectivity index (χ0) is 12.3. The maximum Gasteiger partial charge on any atom is 0.328 e. The molecule has 5 nitrogen and oxygen atoms in total. The van der Waals surface area contributed by atoms with Gasteiger partial charge in [-0.3, -0.25) is 4.79 Å². The van der Waals surface area contributed by atoms with Crippen LogP contribution in [-0.2, 0) is 19.1 Å². The minimum atomic E-state index is -0.453. The molecule has 0 aromatic carbocycles. The van der Waals surface area contributed by atoms with Gasteiger partial charge in [0.15, 0.2) is 0 Å². The van der Waals surface area contributed by atoms with Gasteiger partial charge in [0.1, 0.15) is 6.04 Å². The highest BCUT2D eigenvalue weighted by molar-refractivity contribution is 5.88. The molecule has 2 rings (SSSR count). The molecule has 2 heterocycles. The third kappa shape index (κ3) is 2.77. The largest absolute Gasteiger partial charge is 0.464 e. The van der Waals surface area contributed by atoms with Crippen molar-refractivity contribution >= 4 is 11.9 Å². The minimum Gasteiger partial charge on any atom is -0.464 e. The number of esters is 1. The lowest BCUT2D eigenvalue weighted by molar-refractivity contribution is -0.147. The van der Waals surface area contributed by atoms with E-state index in [-0.39, 0.29) is 17.8 Å². The highest BCUT2D eigenvalue weighted by Crippen LogP contribution is 2.32. The second kappa shape index (κ2) is 5.49. The number of ether oxygens (including phenoxy) is 2. The zero-order valence-electron chi connectivity index (χ0n) is 10.1. The number of carbonyl (C=O) groups is 2. The summed E-state index contributed by atoms with van der Waals surface area (Å²) in [5, 5.41) is 2.73. The summed E-state index contributed by atoms with van der Waals surface area (Å²) < 4.78 is 10.3. The van der Waals surface area contributed by atoms with E-state index in [0.29, 0.717) is 18.9 Å². The normalized spacial score (nSPS) is 30.1. The molecule has 2 aliphatic heterocycles. The molecule has 0 aliphatic carbocycles. The van der Waals surface area contributed by atoms with Gasteiger partial charge in [-0.05, 0) is 25.7 Å². The van der Waals surface area contributed by atoms with Crippen LogP contribution in [0.25, 0.3) is 0 Å². The maximum atomic E-state index is 11.8. The quantitative estimate of drug-likeness (QED) is 0.730. The number of hydrogen-bond acceptors (Lipinski definition) is 4. The zero-order valence-corrected chi connectivity index (χ0v) is 10.1. The van der Waals surface area contributed by atoms with E-state index in [9.17, 15) is 9.59 Å². The van der Waals surface area contributed by atoms with Crippen LogP contribution in [0, 0.1) is 11.8 Å². The van der Waals surface area contributed by atoms with Gasteiger partial charge in [0.05, 0.1) is 6.61 Å². The number of nitrogens with one attached hydrogen (secondary N) is 1. The van der Waals surface area contributed by atoms with Gasteiger partial charge < -0.3 is 14.8 Å². The van der Waals surface area contributed by atoms with E-state index in [0.717, 1.165) is 26.1 Å². The summed E-state index contributed by atoms with van der Waals surface area (Å²) in [5.74, 6) is 0.122. The lowest BCUT2D eigenvalue weighted by atomic mass is 9.81. The van der Waals surface area contributed by atoms with Crippen LogP contribution in [0.5, 0.6) is 0 Å². The van der Waals surface area contributed by atoms with E-state index in [4.69, 9.17) is 9.47 Å². The fourth-order valence-electron chi connectivity index (χ4n) is 2.72. The molecule has 0 radical (unpaired) electrons. The van der Waals surface area contributed by atoms with E-state index in [1.54, 1.807) is 6.92 Å². The molecule has 0 aromatic heterocycles.